The first-order chi connectivity index (χ1) is 4.86. The fraction of sp³-hybridized carbons (Fsp3) is 0.556. The highest BCUT2D eigenvalue weighted by Gasteiger charge is 2.12. The summed E-state index contributed by atoms with van der Waals surface area (Å²) in [7, 11) is 0. The van der Waals surface area contributed by atoms with Gasteiger partial charge in [0.15, 0.2) is 0 Å². The highest BCUT2D eigenvalue weighted by Crippen LogP contribution is 2.33. The van der Waals surface area contributed by atoms with Crippen LogP contribution in [-0.4, -0.2) is 5.25 Å². The minimum absolute atomic E-state index is 0.556. The molecule has 0 nitrogen and oxygen atoms in total. The zero-order valence-electron chi connectivity index (χ0n) is 6.48. The van der Waals surface area contributed by atoms with Gasteiger partial charge in [-0.1, -0.05) is 18.9 Å². The lowest BCUT2D eigenvalue weighted by molar-refractivity contribution is 1.12. The van der Waals surface area contributed by atoms with E-state index in [2.05, 4.69) is 24.8 Å². The van der Waals surface area contributed by atoms with Crippen LogP contribution in [0, 0.1) is 11.8 Å². The lowest BCUT2D eigenvalue weighted by Gasteiger charge is -1.98. The quantitative estimate of drug-likeness (QED) is 0.521. The van der Waals surface area contributed by atoms with Crippen LogP contribution in [0.25, 0.3) is 0 Å². The molecule has 0 spiro atoms. The first-order valence-corrected chi connectivity index (χ1v) is 4.52. The predicted molar refractivity (Wildman–Crippen MR) is 47.8 cm³/mol. The van der Waals surface area contributed by atoms with E-state index >= 15 is 0 Å². The first-order valence-electron chi connectivity index (χ1n) is 3.64. The minimum Gasteiger partial charge on any atom is -0.114 e. The summed E-state index contributed by atoms with van der Waals surface area (Å²) >= 11 is 1.92. The molecule has 1 aliphatic rings. The van der Waals surface area contributed by atoms with Crippen LogP contribution >= 0.6 is 11.8 Å². The van der Waals surface area contributed by atoms with Gasteiger partial charge in [-0.05, 0) is 24.7 Å². The van der Waals surface area contributed by atoms with Crippen LogP contribution in [0.2, 0.25) is 0 Å². The molecule has 1 heterocycles. The normalized spacial score (nSPS) is 23.4. The molecule has 0 radical (unpaired) electrons. The molecule has 1 unspecified atom stereocenters. The van der Waals surface area contributed by atoms with Crippen molar-refractivity contribution >= 4 is 11.8 Å². The summed E-state index contributed by atoms with van der Waals surface area (Å²) in [5.74, 6) is 6.12. The SMILES string of the molecule is CC#CC1CC=C(CC)S1. The molecule has 1 atom stereocenters. The van der Waals surface area contributed by atoms with Gasteiger partial charge in [-0.25, -0.2) is 0 Å². The monoisotopic (exact) mass is 152 g/mol. The van der Waals surface area contributed by atoms with Gasteiger partial charge in [-0.2, -0.15) is 0 Å². The van der Waals surface area contributed by atoms with E-state index in [1.165, 1.54) is 11.3 Å². The molecule has 1 heteroatoms. The van der Waals surface area contributed by atoms with Crippen molar-refractivity contribution < 1.29 is 0 Å². The molecule has 0 fully saturated rings. The van der Waals surface area contributed by atoms with Crippen molar-refractivity contribution in [3.63, 3.8) is 0 Å². The number of allylic oxidation sites excluding steroid dienone is 2. The average molecular weight is 152 g/mol. The molecule has 1 aliphatic heterocycles. The summed E-state index contributed by atoms with van der Waals surface area (Å²) in [5, 5.41) is 0.556. The van der Waals surface area contributed by atoms with Gasteiger partial charge in [0.2, 0.25) is 0 Å². The van der Waals surface area contributed by atoms with E-state index in [-0.39, 0.29) is 0 Å². The molecule has 0 bridgehead atoms. The van der Waals surface area contributed by atoms with Gasteiger partial charge in [-0.3, -0.25) is 0 Å². The smallest absolute Gasteiger partial charge is 0.0735 e. The Bertz CT molecular complexity index is 193. The Morgan fingerprint density at radius 3 is 3.10 bits per heavy atom. The molecule has 0 aromatic heterocycles. The van der Waals surface area contributed by atoms with Gasteiger partial charge >= 0.3 is 0 Å². The lowest BCUT2D eigenvalue weighted by atomic mass is 10.3. The topological polar surface area (TPSA) is 0 Å². The summed E-state index contributed by atoms with van der Waals surface area (Å²) in [6.07, 6.45) is 4.63. The largest absolute Gasteiger partial charge is 0.114 e. The number of hydrogen-bond donors (Lipinski definition) is 0. The van der Waals surface area contributed by atoms with Crippen molar-refractivity contribution in [1.82, 2.24) is 0 Å². The second kappa shape index (κ2) is 3.73. The molecule has 10 heavy (non-hydrogen) atoms. The van der Waals surface area contributed by atoms with Crippen molar-refractivity contribution in [2.24, 2.45) is 0 Å². The Kier molecular flexibility index (Phi) is 2.89. The molecule has 1 rings (SSSR count). The van der Waals surface area contributed by atoms with E-state index in [1.807, 2.05) is 18.7 Å². The molecule has 0 aliphatic carbocycles. The van der Waals surface area contributed by atoms with Gasteiger partial charge in [-0.15, -0.1) is 17.7 Å². The zero-order valence-corrected chi connectivity index (χ0v) is 7.29. The highest BCUT2D eigenvalue weighted by molar-refractivity contribution is 8.04. The van der Waals surface area contributed by atoms with Crippen molar-refractivity contribution in [3.05, 3.63) is 11.0 Å². The van der Waals surface area contributed by atoms with Crippen molar-refractivity contribution in [3.8, 4) is 11.8 Å². The van der Waals surface area contributed by atoms with Gasteiger partial charge in [0.1, 0.15) is 0 Å². The van der Waals surface area contributed by atoms with Gasteiger partial charge in [0.25, 0.3) is 0 Å². The lowest BCUT2D eigenvalue weighted by Crippen LogP contribution is -1.89. The van der Waals surface area contributed by atoms with Crippen LogP contribution in [0.15, 0.2) is 11.0 Å². The van der Waals surface area contributed by atoms with E-state index in [4.69, 9.17) is 0 Å². The molecular weight excluding hydrogens is 140 g/mol. The maximum atomic E-state index is 3.17. The zero-order chi connectivity index (χ0) is 7.40. The molecule has 0 saturated heterocycles. The summed E-state index contributed by atoms with van der Waals surface area (Å²) in [6.45, 7) is 4.10. The van der Waals surface area contributed by atoms with Crippen LogP contribution in [0.3, 0.4) is 0 Å². The van der Waals surface area contributed by atoms with E-state index in [1.54, 1.807) is 0 Å². The molecule has 0 amide bonds. The van der Waals surface area contributed by atoms with Gasteiger partial charge in [0.05, 0.1) is 5.25 Å². The van der Waals surface area contributed by atoms with Crippen LogP contribution in [0.1, 0.15) is 26.7 Å². The second-order valence-electron chi connectivity index (χ2n) is 2.26. The van der Waals surface area contributed by atoms with Crippen molar-refractivity contribution in [2.75, 3.05) is 0 Å². The van der Waals surface area contributed by atoms with Gasteiger partial charge < -0.3 is 0 Å². The third-order valence-corrected chi connectivity index (χ3v) is 2.86. The third kappa shape index (κ3) is 1.82. The molecule has 0 N–H and O–H groups in total. The fourth-order valence-electron chi connectivity index (χ4n) is 0.994. The van der Waals surface area contributed by atoms with Crippen LogP contribution in [0.4, 0.5) is 0 Å². The summed E-state index contributed by atoms with van der Waals surface area (Å²) in [4.78, 5) is 1.51. The van der Waals surface area contributed by atoms with Gasteiger partial charge in [0, 0.05) is 0 Å². The molecule has 0 aromatic carbocycles. The number of thioether (sulfide) groups is 1. The third-order valence-electron chi connectivity index (χ3n) is 1.51. The molecular formula is C9H12S. The van der Waals surface area contributed by atoms with Crippen LogP contribution in [0.5, 0.6) is 0 Å². The maximum absolute atomic E-state index is 3.17. The summed E-state index contributed by atoms with van der Waals surface area (Å²) in [6, 6.07) is 0. The molecule has 54 valence electrons. The first kappa shape index (κ1) is 7.75. The van der Waals surface area contributed by atoms with E-state index in [0.29, 0.717) is 5.25 Å². The molecule has 0 saturated carbocycles. The Balaban J connectivity index is 2.41. The van der Waals surface area contributed by atoms with Crippen molar-refractivity contribution in [2.45, 2.75) is 31.9 Å². The highest BCUT2D eigenvalue weighted by atomic mass is 32.2. The van der Waals surface area contributed by atoms with E-state index in [0.717, 1.165) is 6.42 Å². The number of hydrogen-bond acceptors (Lipinski definition) is 1. The second-order valence-corrected chi connectivity index (χ2v) is 3.59. The van der Waals surface area contributed by atoms with E-state index < -0.39 is 0 Å². The summed E-state index contributed by atoms with van der Waals surface area (Å²) in [5.41, 5.74) is 0. The van der Waals surface area contributed by atoms with Crippen molar-refractivity contribution in [1.29, 1.82) is 0 Å². The van der Waals surface area contributed by atoms with E-state index in [9.17, 15) is 0 Å². The predicted octanol–water partition coefficient (Wildman–Crippen LogP) is 2.81. The minimum atomic E-state index is 0.556. The maximum Gasteiger partial charge on any atom is 0.0735 e. The number of rotatable bonds is 1. The standard InChI is InChI=1S/C9H12S/c1-3-5-9-7-6-8(4-2)10-9/h6,9H,4,7H2,1-2H3. The Morgan fingerprint density at radius 1 is 1.80 bits per heavy atom. The average Bonchev–Trinajstić information content (AvgIpc) is 2.37. The Labute approximate surface area is 67.1 Å². The molecule has 0 aromatic rings. The fourth-order valence-corrected chi connectivity index (χ4v) is 2.09. The van der Waals surface area contributed by atoms with Crippen LogP contribution < -0.4 is 0 Å². The summed E-state index contributed by atoms with van der Waals surface area (Å²) < 4.78 is 0. The Morgan fingerprint density at radius 2 is 2.60 bits per heavy atom. The van der Waals surface area contributed by atoms with Crippen LogP contribution in [-0.2, 0) is 0 Å². The Hall–Kier alpha value is -0.350.